The molecule has 0 bridgehead atoms. The third kappa shape index (κ3) is 3.89. The van der Waals surface area contributed by atoms with Gasteiger partial charge in [-0.2, -0.15) is 0 Å². The Kier molecular flexibility index (Phi) is 5.29. The quantitative estimate of drug-likeness (QED) is 0.832. The van der Waals surface area contributed by atoms with Gasteiger partial charge < -0.3 is 10.8 Å². The third-order valence-corrected chi connectivity index (χ3v) is 4.74. The molecule has 1 saturated heterocycles. The molecular formula is C19H22N4O3. The van der Waals surface area contributed by atoms with Crippen molar-refractivity contribution in [3.8, 4) is 11.1 Å². The first-order valence-corrected chi connectivity index (χ1v) is 8.45. The fourth-order valence-electron chi connectivity index (χ4n) is 3.21. The molecule has 1 unspecified atom stereocenters. The Hall–Kier alpha value is -2.77. The summed E-state index contributed by atoms with van der Waals surface area (Å²) in [6.45, 7) is 2.82. The first kappa shape index (κ1) is 18.0. The predicted octanol–water partition coefficient (Wildman–Crippen LogP) is 1.05. The van der Waals surface area contributed by atoms with Gasteiger partial charge in [-0.25, -0.2) is 4.79 Å². The van der Waals surface area contributed by atoms with Gasteiger partial charge in [0.25, 0.3) is 0 Å². The lowest BCUT2D eigenvalue weighted by atomic mass is 10.0. The molecule has 3 rings (SSSR count). The van der Waals surface area contributed by atoms with Crippen molar-refractivity contribution in [3.05, 3.63) is 53.9 Å². The van der Waals surface area contributed by atoms with Crippen LogP contribution < -0.4 is 5.73 Å². The van der Waals surface area contributed by atoms with Gasteiger partial charge in [-0.1, -0.05) is 24.3 Å². The van der Waals surface area contributed by atoms with E-state index in [4.69, 9.17) is 5.73 Å². The number of aromatic nitrogens is 1. The first-order valence-electron chi connectivity index (χ1n) is 8.45. The molecule has 136 valence electrons. The summed E-state index contributed by atoms with van der Waals surface area (Å²) in [6.07, 6.45) is 1.69. The van der Waals surface area contributed by atoms with E-state index in [-0.39, 0.29) is 17.5 Å². The SMILES string of the molecule is CN1CCN(Cc2ccc(-c3ccccc3C(=O)O)cn2)CC1C(N)=O. The maximum absolute atomic E-state index is 11.5. The van der Waals surface area contributed by atoms with E-state index < -0.39 is 5.97 Å². The molecule has 1 aliphatic heterocycles. The van der Waals surface area contributed by atoms with Gasteiger partial charge in [0.1, 0.15) is 6.04 Å². The summed E-state index contributed by atoms with van der Waals surface area (Å²) >= 11 is 0. The second kappa shape index (κ2) is 7.63. The smallest absolute Gasteiger partial charge is 0.336 e. The van der Waals surface area contributed by atoms with Gasteiger partial charge in [-0.05, 0) is 24.7 Å². The number of hydrogen-bond acceptors (Lipinski definition) is 5. The molecule has 1 atom stereocenters. The summed E-state index contributed by atoms with van der Waals surface area (Å²) in [7, 11) is 1.90. The molecular weight excluding hydrogens is 332 g/mol. The lowest BCUT2D eigenvalue weighted by molar-refractivity contribution is -0.125. The Morgan fingerprint density at radius 2 is 2.00 bits per heavy atom. The van der Waals surface area contributed by atoms with Crippen molar-refractivity contribution in [1.29, 1.82) is 0 Å². The van der Waals surface area contributed by atoms with Gasteiger partial charge in [0.05, 0.1) is 11.3 Å². The second-order valence-corrected chi connectivity index (χ2v) is 6.52. The number of carboxylic acid groups (broad SMARTS) is 1. The normalized spacial score (nSPS) is 18.6. The highest BCUT2D eigenvalue weighted by molar-refractivity contribution is 5.95. The molecule has 0 spiro atoms. The molecule has 2 aromatic rings. The number of primary amides is 1. The number of hydrogen-bond donors (Lipinski definition) is 2. The predicted molar refractivity (Wildman–Crippen MR) is 97.5 cm³/mol. The number of carbonyl (C=O) groups excluding carboxylic acids is 1. The summed E-state index contributed by atoms with van der Waals surface area (Å²) in [6, 6.07) is 10.4. The summed E-state index contributed by atoms with van der Waals surface area (Å²) in [5.41, 5.74) is 8.00. The minimum atomic E-state index is -0.959. The molecule has 1 aliphatic rings. The number of carboxylic acids is 1. The molecule has 26 heavy (non-hydrogen) atoms. The molecule has 0 radical (unpaired) electrons. The summed E-state index contributed by atoms with van der Waals surface area (Å²) in [5.74, 6) is -1.27. The van der Waals surface area contributed by atoms with Crippen LogP contribution in [-0.4, -0.2) is 64.5 Å². The van der Waals surface area contributed by atoms with E-state index in [0.717, 1.165) is 24.3 Å². The van der Waals surface area contributed by atoms with E-state index in [9.17, 15) is 14.7 Å². The summed E-state index contributed by atoms with van der Waals surface area (Å²) < 4.78 is 0. The number of piperazine rings is 1. The summed E-state index contributed by atoms with van der Waals surface area (Å²) in [4.78, 5) is 31.5. The molecule has 2 heterocycles. The number of rotatable bonds is 5. The molecule has 1 fully saturated rings. The van der Waals surface area contributed by atoms with Gasteiger partial charge in [-0.15, -0.1) is 0 Å². The zero-order valence-corrected chi connectivity index (χ0v) is 14.6. The number of pyridine rings is 1. The number of likely N-dealkylation sites (N-methyl/N-ethyl adjacent to an activating group) is 1. The molecule has 1 aromatic heterocycles. The Morgan fingerprint density at radius 3 is 2.65 bits per heavy atom. The van der Waals surface area contributed by atoms with Crippen molar-refractivity contribution >= 4 is 11.9 Å². The molecule has 7 nitrogen and oxygen atoms in total. The molecule has 0 saturated carbocycles. The van der Waals surface area contributed by atoms with E-state index in [0.29, 0.717) is 18.7 Å². The van der Waals surface area contributed by atoms with Crippen molar-refractivity contribution in [2.24, 2.45) is 5.73 Å². The fourth-order valence-corrected chi connectivity index (χ4v) is 3.21. The van der Waals surface area contributed by atoms with Crippen molar-refractivity contribution in [2.45, 2.75) is 12.6 Å². The van der Waals surface area contributed by atoms with Crippen LogP contribution in [0.3, 0.4) is 0 Å². The van der Waals surface area contributed by atoms with Crippen LogP contribution in [0.15, 0.2) is 42.6 Å². The van der Waals surface area contributed by atoms with Crippen LogP contribution >= 0.6 is 0 Å². The van der Waals surface area contributed by atoms with Gasteiger partial charge >= 0.3 is 5.97 Å². The van der Waals surface area contributed by atoms with E-state index >= 15 is 0 Å². The van der Waals surface area contributed by atoms with Crippen molar-refractivity contribution in [1.82, 2.24) is 14.8 Å². The van der Waals surface area contributed by atoms with Gasteiger partial charge in [-0.3, -0.25) is 19.6 Å². The highest BCUT2D eigenvalue weighted by Crippen LogP contribution is 2.23. The van der Waals surface area contributed by atoms with Crippen molar-refractivity contribution in [2.75, 3.05) is 26.7 Å². The third-order valence-electron chi connectivity index (χ3n) is 4.74. The van der Waals surface area contributed by atoms with Gasteiger partial charge in [0, 0.05) is 37.9 Å². The number of nitrogens with two attached hydrogens (primary N) is 1. The van der Waals surface area contributed by atoms with E-state index in [1.54, 1.807) is 24.4 Å². The minimum Gasteiger partial charge on any atom is -0.478 e. The molecule has 3 N–H and O–H groups in total. The average molecular weight is 354 g/mol. The number of carbonyl (C=O) groups is 2. The van der Waals surface area contributed by atoms with E-state index in [1.807, 2.05) is 30.1 Å². The number of nitrogens with zero attached hydrogens (tertiary/aromatic N) is 3. The van der Waals surface area contributed by atoms with Crippen molar-refractivity contribution in [3.63, 3.8) is 0 Å². The number of benzene rings is 1. The van der Waals surface area contributed by atoms with E-state index in [2.05, 4.69) is 9.88 Å². The van der Waals surface area contributed by atoms with Crippen molar-refractivity contribution < 1.29 is 14.7 Å². The Bertz CT molecular complexity index is 807. The summed E-state index contributed by atoms with van der Waals surface area (Å²) in [5, 5.41) is 9.32. The first-order chi connectivity index (χ1) is 12.5. The number of amides is 1. The highest BCUT2D eigenvalue weighted by atomic mass is 16.4. The van der Waals surface area contributed by atoms with Gasteiger partial charge in [0.2, 0.25) is 5.91 Å². The molecule has 0 aliphatic carbocycles. The van der Waals surface area contributed by atoms with Crippen LogP contribution in [0.5, 0.6) is 0 Å². The lowest BCUT2D eigenvalue weighted by Gasteiger charge is -2.37. The zero-order valence-electron chi connectivity index (χ0n) is 14.6. The average Bonchev–Trinajstić information content (AvgIpc) is 2.63. The second-order valence-electron chi connectivity index (χ2n) is 6.52. The lowest BCUT2D eigenvalue weighted by Crippen LogP contribution is -2.56. The van der Waals surface area contributed by atoms with E-state index in [1.165, 1.54) is 0 Å². The van der Waals surface area contributed by atoms with Crippen LogP contribution in [0.2, 0.25) is 0 Å². The van der Waals surface area contributed by atoms with Crippen LogP contribution in [0.1, 0.15) is 16.1 Å². The maximum atomic E-state index is 11.5. The zero-order chi connectivity index (χ0) is 18.7. The number of aromatic carboxylic acids is 1. The minimum absolute atomic E-state index is 0.255. The van der Waals surface area contributed by atoms with Gasteiger partial charge in [0.15, 0.2) is 0 Å². The Balaban J connectivity index is 1.73. The molecule has 1 amide bonds. The standard InChI is InChI=1S/C19H22N4O3/c1-22-8-9-23(12-17(22)18(20)24)11-14-7-6-13(10-21-14)15-4-2-3-5-16(15)19(25)26/h2-7,10,17H,8-9,11-12H2,1H3,(H2,20,24)(H,25,26). The van der Waals surface area contributed by atoms with Crippen LogP contribution in [0.4, 0.5) is 0 Å². The maximum Gasteiger partial charge on any atom is 0.336 e. The largest absolute Gasteiger partial charge is 0.478 e. The highest BCUT2D eigenvalue weighted by Gasteiger charge is 2.28. The Labute approximate surface area is 152 Å². The topological polar surface area (TPSA) is 99.8 Å². The van der Waals surface area contributed by atoms with Crippen LogP contribution in [-0.2, 0) is 11.3 Å². The fraction of sp³-hybridized carbons (Fsp3) is 0.316. The molecule has 7 heteroatoms. The Morgan fingerprint density at radius 1 is 1.23 bits per heavy atom. The van der Waals surface area contributed by atoms with Crippen LogP contribution in [0.25, 0.3) is 11.1 Å². The monoisotopic (exact) mass is 354 g/mol. The van der Waals surface area contributed by atoms with Crippen LogP contribution in [0, 0.1) is 0 Å². The molecule has 1 aromatic carbocycles.